The molecule has 0 spiro atoms. The third kappa shape index (κ3) is 4.37. The Balaban J connectivity index is 2.13. The maximum Gasteiger partial charge on any atom is 0.243 e. The normalized spacial score (nSPS) is 17.0. The second-order valence-corrected chi connectivity index (χ2v) is 7.56. The Morgan fingerprint density at radius 2 is 1.79 bits per heavy atom. The third-order valence-electron chi connectivity index (χ3n) is 4.18. The summed E-state index contributed by atoms with van der Waals surface area (Å²) in [5, 5.41) is 0. The molecular formula is C16H25FN2O4S. The Morgan fingerprint density at radius 3 is 2.33 bits per heavy atom. The summed E-state index contributed by atoms with van der Waals surface area (Å²) < 4.78 is 51.9. The summed E-state index contributed by atoms with van der Waals surface area (Å²) >= 11 is 0. The maximum absolute atomic E-state index is 14.2. The molecule has 8 heteroatoms. The van der Waals surface area contributed by atoms with E-state index in [2.05, 4.69) is 16.5 Å². The lowest BCUT2D eigenvalue weighted by atomic mass is 10.1. The summed E-state index contributed by atoms with van der Waals surface area (Å²) in [7, 11) is -1.21. The largest absolute Gasteiger partial charge is 0.493 e. The summed E-state index contributed by atoms with van der Waals surface area (Å²) in [5.41, 5.74) is 0. The molecule has 0 radical (unpaired) electrons. The highest BCUT2D eigenvalue weighted by Crippen LogP contribution is 2.32. The van der Waals surface area contributed by atoms with Gasteiger partial charge in [-0.15, -0.1) is 0 Å². The van der Waals surface area contributed by atoms with Gasteiger partial charge in [-0.25, -0.2) is 17.5 Å². The maximum atomic E-state index is 14.2. The Morgan fingerprint density at radius 1 is 1.21 bits per heavy atom. The molecule has 0 atom stereocenters. The molecule has 1 heterocycles. The predicted octanol–water partition coefficient (Wildman–Crippen LogP) is 2.00. The molecule has 1 aromatic rings. The zero-order chi connectivity index (χ0) is 17.7. The van der Waals surface area contributed by atoms with Gasteiger partial charge in [0.1, 0.15) is 10.7 Å². The first-order valence-corrected chi connectivity index (χ1v) is 9.55. The molecular weight excluding hydrogens is 335 g/mol. The lowest BCUT2D eigenvalue weighted by Crippen LogP contribution is -2.44. The van der Waals surface area contributed by atoms with Gasteiger partial charge in [0.2, 0.25) is 10.0 Å². The number of nitrogens with zero attached hydrogens (tertiary/aromatic N) is 1. The molecule has 1 aliphatic rings. The van der Waals surface area contributed by atoms with E-state index in [9.17, 15) is 12.8 Å². The molecule has 24 heavy (non-hydrogen) atoms. The fraction of sp³-hybridized carbons (Fsp3) is 0.625. The van der Waals surface area contributed by atoms with E-state index < -0.39 is 20.7 Å². The molecule has 1 N–H and O–H groups in total. The van der Waals surface area contributed by atoms with Gasteiger partial charge in [-0.3, -0.25) is 0 Å². The van der Waals surface area contributed by atoms with E-state index >= 15 is 0 Å². The van der Waals surface area contributed by atoms with Gasteiger partial charge in [0.15, 0.2) is 11.5 Å². The van der Waals surface area contributed by atoms with Crippen LogP contribution in [0.25, 0.3) is 0 Å². The summed E-state index contributed by atoms with van der Waals surface area (Å²) in [4.78, 5) is 1.89. The van der Waals surface area contributed by atoms with Crippen molar-refractivity contribution in [3.05, 3.63) is 17.9 Å². The first-order chi connectivity index (χ1) is 11.4. The fourth-order valence-corrected chi connectivity index (χ4v) is 4.29. The number of methoxy groups -OCH3 is 2. The minimum absolute atomic E-state index is 0.154. The topological polar surface area (TPSA) is 67.9 Å². The number of likely N-dealkylation sites (tertiary alicyclic amines) is 1. The summed E-state index contributed by atoms with van der Waals surface area (Å²) in [5.74, 6) is -0.526. The van der Waals surface area contributed by atoms with E-state index in [0.29, 0.717) is 12.8 Å². The summed E-state index contributed by atoms with van der Waals surface area (Å²) in [6.07, 6.45) is 2.51. The Hall–Kier alpha value is -1.38. The lowest BCUT2D eigenvalue weighted by Gasteiger charge is -2.31. The van der Waals surface area contributed by atoms with Crippen LogP contribution in [0, 0.1) is 5.82 Å². The Bertz CT molecular complexity index is 658. The number of hydrogen-bond acceptors (Lipinski definition) is 5. The number of nitrogens with one attached hydrogen (secondary N) is 1. The van der Waals surface area contributed by atoms with Gasteiger partial charge in [0.05, 0.1) is 14.2 Å². The first-order valence-electron chi connectivity index (χ1n) is 8.07. The monoisotopic (exact) mass is 360 g/mol. The molecule has 1 saturated heterocycles. The van der Waals surface area contributed by atoms with Crippen LogP contribution in [0.1, 0.15) is 26.2 Å². The number of ether oxygens (including phenoxy) is 2. The van der Waals surface area contributed by atoms with E-state index in [1.807, 2.05) is 0 Å². The molecule has 0 saturated carbocycles. The third-order valence-corrected chi connectivity index (χ3v) is 5.71. The van der Waals surface area contributed by atoms with Gasteiger partial charge < -0.3 is 14.4 Å². The summed E-state index contributed by atoms with van der Waals surface area (Å²) in [6, 6.07) is 2.00. The van der Waals surface area contributed by atoms with Crippen LogP contribution < -0.4 is 14.2 Å². The van der Waals surface area contributed by atoms with Crippen LogP contribution >= 0.6 is 0 Å². The smallest absolute Gasteiger partial charge is 0.243 e. The van der Waals surface area contributed by atoms with Crippen LogP contribution in [0.3, 0.4) is 0 Å². The molecule has 0 bridgehead atoms. The molecule has 1 fully saturated rings. The zero-order valence-electron chi connectivity index (χ0n) is 14.3. The van der Waals surface area contributed by atoms with Crippen molar-refractivity contribution < 1.29 is 22.3 Å². The van der Waals surface area contributed by atoms with Crippen molar-refractivity contribution in [3.8, 4) is 11.5 Å². The van der Waals surface area contributed by atoms with Crippen LogP contribution in [0.15, 0.2) is 17.0 Å². The second kappa shape index (κ2) is 8.13. The highest BCUT2D eigenvalue weighted by atomic mass is 32.2. The molecule has 1 aromatic carbocycles. The van der Waals surface area contributed by atoms with Gasteiger partial charge in [-0.05, 0) is 38.9 Å². The van der Waals surface area contributed by atoms with Crippen molar-refractivity contribution in [2.24, 2.45) is 0 Å². The van der Waals surface area contributed by atoms with E-state index in [-0.39, 0.29) is 17.5 Å². The number of halogens is 1. The minimum atomic E-state index is -3.96. The van der Waals surface area contributed by atoms with Crippen LogP contribution in [0.2, 0.25) is 0 Å². The van der Waals surface area contributed by atoms with E-state index in [0.717, 1.165) is 38.2 Å². The quantitative estimate of drug-likeness (QED) is 0.805. The molecule has 1 aliphatic heterocycles. The Labute approximate surface area is 143 Å². The van der Waals surface area contributed by atoms with Crippen molar-refractivity contribution in [3.63, 3.8) is 0 Å². The molecule has 0 unspecified atom stereocenters. The molecule has 136 valence electrons. The SMILES string of the molecule is CCCN1CCC(NS(=O)(=O)c2cc(OC)c(OC)cc2F)CC1. The molecule has 0 amide bonds. The van der Waals surface area contributed by atoms with Crippen LogP contribution in [-0.4, -0.2) is 53.2 Å². The van der Waals surface area contributed by atoms with Crippen LogP contribution in [0.4, 0.5) is 4.39 Å². The minimum Gasteiger partial charge on any atom is -0.493 e. The number of rotatable bonds is 7. The van der Waals surface area contributed by atoms with E-state index in [4.69, 9.17) is 9.47 Å². The van der Waals surface area contributed by atoms with Crippen molar-refractivity contribution in [1.82, 2.24) is 9.62 Å². The van der Waals surface area contributed by atoms with Gasteiger partial charge in [0, 0.05) is 18.2 Å². The van der Waals surface area contributed by atoms with Crippen molar-refractivity contribution in [2.45, 2.75) is 37.1 Å². The van der Waals surface area contributed by atoms with Crippen molar-refractivity contribution in [1.29, 1.82) is 0 Å². The van der Waals surface area contributed by atoms with Gasteiger partial charge in [0.25, 0.3) is 0 Å². The first kappa shape index (κ1) is 19.0. The Kier molecular flexibility index (Phi) is 6.42. The summed E-state index contributed by atoms with van der Waals surface area (Å²) in [6.45, 7) is 4.82. The van der Waals surface area contributed by atoms with Crippen LogP contribution in [-0.2, 0) is 10.0 Å². The zero-order valence-corrected chi connectivity index (χ0v) is 15.2. The van der Waals surface area contributed by atoms with Crippen LogP contribution in [0.5, 0.6) is 11.5 Å². The molecule has 0 aromatic heterocycles. The number of sulfonamides is 1. The number of piperidine rings is 1. The van der Waals surface area contributed by atoms with Gasteiger partial charge in [-0.1, -0.05) is 6.92 Å². The molecule has 0 aliphatic carbocycles. The molecule has 6 nitrogen and oxygen atoms in total. The van der Waals surface area contributed by atoms with Crippen molar-refractivity contribution in [2.75, 3.05) is 33.9 Å². The average molecular weight is 360 g/mol. The lowest BCUT2D eigenvalue weighted by molar-refractivity contribution is 0.208. The highest BCUT2D eigenvalue weighted by molar-refractivity contribution is 7.89. The van der Waals surface area contributed by atoms with Gasteiger partial charge in [-0.2, -0.15) is 0 Å². The van der Waals surface area contributed by atoms with Gasteiger partial charge >= 0.3 is 0 Å². The number of hydrogen-bond donors (Lipinski definition) is 1. The van der Waals surface area contributed by atoms with E-state index in [1.54, 1.807) is 0 Å². The van der Waals surface area contributed by atoms with Crippen molar-refractivity contribution >= 4 is 10.0 Å². The number of benzene rings is 1. The fourth-order valence-electron chi connectivity index (χ4n) is 2.92. The predicted molar refractivity (Wildman–Crippen MR) is 89.6 cm³/mol. The highest BCUT2D eigenvalue weighted by Gasteiger charge is 2.27. The standard InChI is InChI=1S/C16H25FN2O4S/c1-4-7-19-8-5-12(6-9-19)18-24(20,21)16-11-15(23-3)14(22-2)10-13(16)17/h10-12,18H,4-9H2,1-3H3. The van der Waals surface area contributed by atoms with E-state index in [1.165, 1.54) is 14.2 Å². The molecule has 2 rings (SSSR count). The second-order valence-electron chi connectivity index (χ2n) is 5.87. The average Bonchev–Trinajstić information content (AvgIpc) is 2.56.